The van der Waals surface area contributed by atoms with Gasteiger partial charge < -0.3 is 0 Å². The molecule has 0 spiro atoms. The van der Waals surface area contributed by atoms with Crippen molar-refractivity contribution in [2.45, 2.75) is 33.1 Å². The number of hydrogen-bond donors (Lipinski definition) is 0. The molecule has 0 aromatic carbocycles. The molecule has 2 radical (unpaired) electrons. The van der Waals surface area contributed by atoms with Crippen LogP contribution in [0.25, 0.3) is 0 Å². The van der Waals surface area contributed by atoms with Gasteiger partial charge in [-0.2, -0.15) is 0 Å². The molecule has 0 amide bonds. The van der Waals surface area contributed by atoms with Crippen molar-refractivity contribution >= 4 is 0 Å². The Morgan fingerprint density at radius 1 is 1.64 bits per heavy atom. The van der Waals surface area contributed by atoms with Gasteiger partial charge in [-0.1, -0.05) is 38.2 Å². The molecule has 0 aromatic rings. The van der Waals surface area contributed by atoms with Crippen LogP contribution in [-0.4, -0.2) is 0 Å². The summed E-state index contributed by atoms with van der Waals surface area (Å²) in [5.74, 6) is 0.605. The summed E-state index contributed by atoms with van der Waals surface area (Å²) in [7, 11) is 0. The second-order valence-corrected chi connectivity index (χ2v) is 3.08. The fourth-order valence-electron chi connectivity index (χ4n) is 0.736. The van der Waals surface area contributed by atoms with E-state index < -0.39 is 0 Å². The van der Waals surface area contributed by atoms with Gasteiger partial charge in [0.25, 0.3) is 0 Å². The predicted molar refractivity (Wildman–Crippen MR) is 51.0 cm³/mol. The van der Waals surface area contributed by atoms with E-state index >= 15 is 0 Å². The Morgan fingerprint density at radius 2 is 2.27 bits per heavy atom. The maximum atomic E-state index is 5.51. The van der Waals surface area contributed by atoms with E-state index in [0.29, 0.717) is 5.92 Å². The topological polar surface area (TPSA) is 0 Å². The van der Waals surface area contributed by atoms with Crippen molar-refractivity contribution < 1.29 is 0 Å². The quantitative estimate of drug-likeness (QED) is 0.526. The van der Waals surface area contributed by atoms with Crippen LogP contribution in [0, 0.1) is 19.4 Å². The molecule has 0 heteroatoms. The van der Waals surface area contributed by atoms with Gasteiger partial charge in [0.15, 0.2) is 0 Å². The molecule has 0 bridgehead atoms. The molecule has 11 heavy (non-hydrogen) atoms. The Hall–Kier alpha value is -0.520. The lowest BCUT2D eigenvalue weighted by Gasteiger charge is -1.98. The molecule has 62 valence electrons. The van der Waals surface area contributed by atoms with Crippen molar-refractivity contribution in [2.24, 2.45) is 5.92 Å². The van der Waals surface area contributed by atoms with E-state index in [1.165, 1.54) is 0 Å². The van der Waals surface area contributed by atoms with Crippen LogP contribution in [0.5, 0.6) is 0 Å². The third-order valence-corrected chi connectivity index (χ3v) is 1.63. The minimum absolute atomic E-state index is 0.605. The monoisotopic (exact) mass is 150 g/mol. The van der Waals surface area contributed by atoms with E-state index in [1.807, 2.05) is 6.92 Å². The summed E-state index contributed by atoms with van der Waals surface area (Å²) >= 11 is 0. The van der Waals surface area contributed by atoms with Crippen LogP contribution in [0.2, 0.25) is 0 Å². The Morgan fingerprint density at radius 3 is 2.73 bits per heavy atom. The molecule has 0 nitrogen and oxygen atoms in total. The largest absolute Gasteiger partial charge is 0.0880 e. The van der Waals surface area contributed by atoms with Crippen molar-refractivity contribution in [1.82, 2.24) is 0 Å². The van der Waals surface area contributed by atoms with Crippen molar-refractivity contribution in [3.8, 4) is 0 Å². The summed E-state index contributed by atoms with van der Waals surface area (Å²) in [5, 5.41) is 0. The molecule has 0 unspecified atom stereocenters. The van der Waals surface area contributed by atoms with Crippen molar-refractivity contribution in [3.63, 3.8) is 0 Å². The lowest BCUT2D eigenvalue weighted by molar-refractivity contribution is 0.736. The first-order valence-electron chi connectivity index (χ1n) is 4.20. The highest BCUT2D eigenvalue weighted by Gasteiger charge is 1.89. The summed E-state index contributed by atoms with van der Waals surface area (Å²) in [4.78, 5) is 0. The molecule has 0 fully saturated rings. The molecule has 0 aliphatic heterocycles. The van der Waals surface area contributed by atoms with Crippen LogP contribution >= 0.6 is 0 Å². The number of hydrogen-bond acceptors (Lipinski definition) is 0. The fraction of sp³-hybridized carbons (Fsp3) is 0.545. The van der Waals surface area contributed by atoms with E-state index in [4.69, 9.17) is 6.58 Å². The molecular weight excluding hydrogens is 132 g/mol. The normalized spacial score (nSPS) is 13.7. The standard InChI is InChI=1S/C11H18/c1-5-11(4)9-7-6-8-10(2)3/h2,7,9,11H,1,5-6,8H2,3-4H3/b9-7-,10-2?/t11-/m0/s1. The van der Waals surface area contributed by atoms with Crippen LogP contribution in [0.15, 0.2) is 17.7 Å². The second-order valence-electron chi connectivity index (χ2n) is 3.08. The average Bonchev–Trinajstić information content (AvgIpc) is 1.97. The minimum Gasteiger partial charge on any atom is -0.0880 e. The Kier molecular flexibility index (Phi) is 5.91. The lowest BCUT2D eigenvalue weighted by atomic mass is 10.1. The average molecular weight is 150 g/mol. The van der Waals surface area contributed by atoms with Gasteiger partial charge in [-0.05, 0) is 32.1 Å². The zero-order valence-electron chi connectivity index (χ0n) is 7.64. The molecule has 0 rings (SSSR count). The van der Waals surface area contributed by atoms with E-state index in [-0.39, 0.29) is 0 Å². The highest BCUT2D eigenvalue weighted by atomic mass is 14.0. The molecule has 0 heterocycles. The number of allylic oxidation sites excluding steroid dienone is 3. The second kappa shape index (κ2) is 6.21. The fourth-order valence-corrected chi connectivity index (χ4v) is 0.736. The highest BCUT2D eigenvalue weighted by molar-refractivity contribution is 4.92. The first kappa shape index (κ1) is 10.5. The van der Waals surface area contributed by atoms with Crippen LogP contribution in [0.3, 0.4) is 0 Å². The van der Waals surface area contributed by atoms with Gasteiger partial charge in [-0.25, -0.2) is 0 Å². The smallest absolute Gasteiger partial charge is 0.0262 e. The maximum Gasteiger partial charge on any atom is -0.0262 e. The first-order valence-corrected chi connectivity index (χ1v) is 4.20. The molecule has 1 atom stereocenters. The van der Waals surface area contributed by atoms with Crippen molar-refractivity contribution in [2.75, 3.05) is 0 Å². The zero-order chi connectivity index (χ0) is 8.69. The van der Waals surface area contributed by atoms with Crippen LogP contribution in [-0.2, 0) is 0 Å². The highest BCUT2D eigenvalue weighted by Crippen LogP contribution is 2.05. The third kappa shape index (κ3) is 7.38. The summed E-state index contributed by atoms with van der Waals surface area (Å²) in [5.41, 5.74) is 1.01. The summed E-state index contributed by atoms with van der Waals surface area (Å²) < 4.78 is 0. The summed E-state index contributed by atoms with van der Waals surface area (Å²) in [6, 6.07) is 0. The first-order chi connectivity index (χ1) is 5.16. The maximum absolute atomic E-state index is 5.51. The van der Waals surface area contributed by atoms with Crippen LogP contribution in [0.4, 0.5) is 0 Å². The van der Waals surface area contributed by atoms with Crippen molar-refractivity contribution in [1.29, 1.82) is 0 Å². The van der Waals surface area contributed by atoms with Gasteiger partial charge in [-0.15, -0.1) is 0 Å². The summed E-state index contributed by atoms with van der Waals surface area (Å²) in [6.07, 6.45) is 7.43. The molecule has 0 aromatic heterocycles. The lowest BCUT2D eigenvalue weighted by Crippen LogP contribution is -1.84. The van der Waals surface area contributed by atoms with Crippen LogP contribution < -0.4 is 0 Å². The predicted octanol–water partition coefficient (Wildman–Crippen LogP) is 3.56. The molecule has 0 aliphatic carbocycles. The third-order valence-electron chi connectivity index (χ3n) is 1.63. The molecule has 0 saturated heterocycles. The Bertz CT molecular complexity index is 131. The molecule has 0 aliphatic rings. The minimum atomic E-state index is 0.605. The summed E-state index contributed by atoms with van der Waals surface area (Å²) in [6.45, 7) is 13.5. The molecule has 0 saturated carbocycles. The zero-order valence-corrected chi connectivity index (χ0v) is 7.64. The molecular formula is C11H18. The van der Waals surface area contributed by atoms with E-state index in [1.54, 1.807) is 0 Å². The SMILES string of the molecule is [CH]=C(C)CC/C=C\[C@@H](C)C[CH2]. The Labute approximate surface area is 71.0 Å². The van der Waals surface area contributed by atoms with Gasteiger partial charge in [0.05, 0.1) is 0 Å². The van der Waals surface area contributed by atoms with Crippen LogP contribution in [0.1, 0.15) is 33.1 Å². The van der Waals surface area contributed by atoms with E-state index in [9.17, 15) is 0 Å². The van der Waals surface area contributed by atoms with Gasteiger partial charge in [0, 0.05) is 0 Å². The number of rotatable bonds is 5. The van der Waals surface area contributed by atoms with Gasteiger partial charge in [0.1, 0.15) is 0 Å². The van der Waals surface area contributed by atoms with Gasteiger partial charge in [-0.3, -0.25) is 0 Å². The van der Waals surface area contributed by atoms with E-state index in [0.717, 1.165) is 24.8 Å². The van der Waals surface area contributed by atoms with E-state index in [2.05, 4.69) is 26.0 Å². The van der Waals surface area contributed by atoms with Crippen molar-refractivity contribution in [3.05, 3.63) is 31.2 Å². The molecule has 0 N–H and O–H groups in total. The van der Waals surface area contributed by atoms with Gasteiger partial charge in [0.2, 0.25) is 0 Å². The Balaban J connectivity index is 3.36. The van der Waals surface area contributed by atoms with Gasteiger partial charge >= 0.3 is 0 Å².